The maximum Gasteiger partial charge on any atom is 0.237 e. The van der Waals surface area contributed by atoms with Crippen molar-refractivity contribution >= 4 is 11.7 Å². The molecule has 0 aromatic heterocycles. The largest absolute Gasteiger partial charge is 0.366 e. The minimum atomic E-state index is -1.08. The number of hydrogen-bond acceptors (Lipinski definition) is 6. The summed E-state index contributed by atoms with van der Waals surface area (Å²) in [6.07, 6.45) is 0.0183. The first-order chi connectivity index (χ1) is 11.6. The van der Waals surface area contributed by atoms with Gasteiger partial charge in [-0.25, -0.2) is 0 Å². The van der Waals surface area contributed by atoms with Gasteiger partial charge in [-0.05, 0) is 46.1 Å². The van der Waals surface area contributed by atoms with Gasteiger partial charge in [0.2, 0.25) is 5.91 Å². The lowest BCUT2D eigenvalue weighted by Gasteiger charge is -2.32. The van der Waals surface area contributed by atoms with Crippen LogP contribution in [0.1, 0.15) is 68.2 Å². The zero-order chi connectivity index (χ0) is 20.7. The second-order valence-electron chi connectivity index (χ2n) is 9.33. The van der Waals surface area contributed by atoms with Gasteiger partial charge in [0.05, 0.1) is 12.1 Å². The average Bonchev–Trinajstić information content (AvgIpc) is 2.44. The summed E-state index contributed by atoms with van der Waals surface area (Å²) in [4.78, 5) is 25.6. The topological polar surface area (TPSA) is 116 Å². The van der Waals surface area contributed by atoms with Crippen molar-refractivity contribution in [2.45, 2.75) is 92.2 Å². The van der Waals surface area contributed by atoms with Crippen molar-refractivity contribution in [2.75, 3.05) is 6.54 Å². The first-order valence-corrected chi connectivity index (χ1v) is 9.44. The van der Waals surface area contributed by atoms with Crippen molar-refractivity contribution in [3.05, 3.63) is 0 Å². The summed E-state index contributed by atoms with van der Waals surface area (Å²) in [5, 5.41) is 18.0. The molecule has 1 amide bonds. The lowest BCUT2D eigenvalue weighted by molar-refractivity contribution is -0.134. The van der Waals surface area contributed by atoms with E-state index in [0.29, 0.717) is 19.4 Å². The predicted molar refractivity (Wildman–Crippen MR) is 105 cm³/mol. The minimum Gasteiger partial charge on any atom is -0.366 e. The van der Waals surface area contributed by atoms with Crippen LogP contribution in [0.15, 0.2) is 0 Å². The maximum absolute atomic E-state index is 12.8. The van der Waals surface area contributed by atoms with Gasteiger partial charge >= 0.3 is 0 Å². The van der Waals surface area contributed by atoms with Crippen LogP contribution in [0.5, 0.6) is 0 Å². The molecule has 0 aliphatic carbocycles. The van der Waals surface area contributed by atoms with Crippen LogP contribution < -0.4 is 21.7 Å². The summed E-state index contributed by atoms with van der Waals surface area (Å²) in [7, 11) is 0. The zero-order valence-electron chi connectivity index (χ0n) is 17.8. The summed E-state index contributed by atoms with van der Waals surface area (Å²) in [6.45, 7) is 16.0. The molecule has 0 saturated heterocycles. The Labute approximate surface area is 158 Å². The van der Waals surface area contributed by atoms with Crippen LogP contribution in [0.2, 0.25) is 0 Å². The van der Waals surface area contributed by atoms with Gasteiger partial charge in [-0.2, -0.15) is 0 Å². The van der Waals surface area contributed by atoms with E-state index in [2.05, 4.69) is 16.0 Å². The first kappa shape index (κ1) is 25.0. The van der Waals surface area contributed by atoms with E-state index in [1.165, 1.54) is 0 Å². The molecule has 0 aliphatic rings. The Morgan fingerprint density at radius 3 is 2.00 bits per heavy atom. The molecule has 0 heterocycles. The van der Waals surface area contributed by atoms with Crippen LogP contribution in [0.3, 0.4) is 0 Å². The highest BCUT2D eigenvalue weighted by Gasteiger charge is 2.33. The van der Waals surface area contributed by atoms with E-state index in [-0.39, 0.29) is 29.2 Å². The summed E-state index contributed by atoms with van der Waals surface area (Å²) >= 11 is 0. The lowest BCUT2D eigenvalue weighted by Crippen LogP contribution is -2.57. The minimum absolute atomic E-state index is 0.00240. The van der Waals surface area contributed by atoms with Crippen LogP contribution >= 0.6 is 0 Å². The molecule has 7 heteroatoms. The lowest BCUT2D eigenvalue weighted by atomic mass is 9.84. The number of carbonyl (C=O) groups is 2. The fourth-order valence-electron chi connectivity index (χ4n) is 2.61. The van der Waals surface area contributed by atoms with E-state index in [4.69, 9.17) is 10.8 Å². The number of amides is 1. The summed E-state index contributed by atoms with van der Waals surface area (Å²) in [6, 6.07) is -0.948. The van der Waals surface area contributed by atoms with E-state index in [0.717, 1.165) is 0 Å². The second-order valence-corrected chi connectivity index (χ2v) is 9.33. The molecule has 0 spiro atoms. The quantitative estimate of drug-likeness (QED) is 0.290. The highest BCUT2D eigenvalue weighted by atomic mass is 16.3. The molecule has 0 aromatic carbocycles. The Kier molecular flexibility index (Phi) is 9.94. The fourth-order valence-corrected chi connectivity index (χ4v) is 2.61. The molecule has 154 valence electrons. The van der Waals surface area contributed by atoms with E-state index in [1.807, 2.05) is 55.4 Å². The second kappa shape index (κ2) is 10.3. The number of ketones is 1. The molecule has 3 atom stereocenters. The molecular weight excluding hydrogens is 332 g/mol. The van der Waals surface area contributed by atoms with Gasteiger partial charge in [0.1, 0.15) is 0 Å². The Hall–Kier alpha value is -1.02. The molecule has 0 aliphatic heterocycles. The average molecular weight is 373 g/mol. The number of nitrogens with one attached hydrogen (secondary N) is 3. The van der Waals surface area contributed by atoms with Gasteiger partial charge in [0.25, 0.3) is 0 Å². The van der Waals surface area contributed by atoms with E-state index in [9.17, 15) is 9.59 Å². The van der Waals surface area contributed by atoms with Crippen molar-refractivity contribution in [1.29, 1.82) is 0 Å². The predicted octanol–water partition coefficient (Wildman–Crippen LogP) is 1.10. The maximum atomic E-state index is 12.8. The Morgan fingerprint density at radius 1 is 1.08 bits per heavy atom. The normalized spacial score (nSPS) is 16.3. The molecule has 0 fully saturated rings. The number of rotatable bonds is 10. The van der Waals surface area contributed by atoms with Crippen LogP contribution in [-0.2, 0) is 9.59 Å². The molecule has 0 bridgehead atoms. The van der Waals surface area contributed by atoms with Crippen molar-refractivity contribution in [2.24, 2.45) is 17.1 Å². The molecule has 6 N–H and O–H groups in total. The number of Topliss-reactive ketones (excluding diaryl/α,β-unsaturated/α-hetero) is 1. The summed E-state index contributed by atoms with van der Waals surface area (Å²) in [5.41, 5.74) is 4.49. The van der Waals surface area contributed by atoms with Crippen molar-refractivity contribution in [3.63, 3.8) is 0 Å². The van der Waals surface area contributed by atoms with Crippen LogP contribution in [-0.4, -0.2) is 47.3 Å². The van der Waals surface area contributed by atoms with Gasteiger partial charge in [0.15, 0.2) is 12.1 Å². The number of carbonyl (C=O) groups excluding carboxylic acids is 2. The number of aliphatic hydroxyl groups is 1. The third-order valence-corrected chi connectivity index (χ3v) is 3.93. The van der Waals surface area contributed by atoms with Gasteiger partial charge in [0, 0.05) is 11.0 Å². The number of aliphatic hydroxyl groups excluding tert-OH is 1. The zero-order valence-corrected chi connectivity index (χ0v) is 17.8. The van der Waals surface area contributed by atoms with Crippen LogP contribution in [0.25, 0.3) is 0 Å². The van der Waals surface area contributed by atoms with Crippen molar-refractivity contribution in [1.82, 2.24) is 16.0 Å². The molecule has 0 aromatic rings. The molecule has 0 saturated carbocycles. The SMILES string of the molecule is CC(C)[C@H](NC(C)(C)C)C(=O)N[C@@H](CCCNC(N)O)C(=O)C(C)(C)C. The third kappa shape index (κ3) is 10.2. The first-order valence-electron chi connectivity index (χ1n) is 9.44. The van der Waals surface area contributed by atoms with Crippen LogP contribution in [0.4, 0.5) is 0 Å². The third-order valence-electron chi connectivity index (χ3n) is 3.93. The molecule has 0 rings (SSSR count). The highest BCUT2D eigenvalue weighted by Crippen LogP contribution is 2.19. The standard InChI is InChI=1S/C19H40N4O3/c1-12(2)14(23-19(6,7)8)16(25)22-13(15(24)18(3,4)5)10-9-11-21-17(20)26/h12-14,17,21,23,26H,9-11,20H2,1-8H3,(H,22,25)/t13-,14-,17?/m0/s1. The molecule has 26 heavy (non-hydrogen) atoms. The number of nitrogens with two attached hydrogens (primary N) is 1. The smallest absolute Gasteiger partial charge is 0.237 e. The monoisotopic (exact) mass is 372 g/mol. The number of hydrogen-bond donors (Lipinski definition) is 5. The summed E-state index contributed by atoms with van der Waals surface area (Å²) < 4.78 is 0. The Balaban J connectivity index is 5.12. The van der Waals surface area contributed by atoms with Gasteiger partial charge in [-0.15, -0.1) is 0 Å². The van der Waals surface area contributed by atoms with Crippen molar-refractivity contribution < 1.29 is 14.7 Å². The molecule has 1 unspecified atom stereocenters. The molecule has 7 nitrogen and oxygen atoms in total. The van der Waals surface area contributed by atoms with E-state index >= 15 is 0 Å². The van der Waals surface area contributed by atoms with Gasteiger partial charge < -0.3 is 15.7 Å². The Morgan fingerprint density at radius 2 is 1.62 bits per heavy atom. The van der Waals surface area contributed by atoms with Crippen molar-refractivity contribution in [3.8, 4) is 0 Å². The van der Waals surface area contributed by atoms with E-state index < -0.39 is 17.8 Å². The molecular formula is C19H40N4O3. The van der Waals surface area contributed by atoms with Gasteiger partial charge in [-0.1, -0.05) is 34.6 Å². The van der Waals surface area contributed by atoms with E-state index in [1.54, 1.807) is 0 Å². The highest BCUT2D eigenvalue weighted by molar-refractivity contribution is 5.93. The summed E-state index contributed by atoms with van der Waals surface area (Å²) in [5.74, 6) is -0.0737. The molecule has 0 radical (unpaired) electrons. The van der Waals surface area contributed by atoms with Crippen LogP contribution in [0, 0.1) is 11.3 Å². The van der Waals surface area contributed by atoms with Gasteiger partial charge in [-0.3, -0.25) is 20.6 Å². The fraction of sp³-hybridized carbons (Fsp3) is 0.895. The Bertz CT molecular complexity index is 451.